The van der Waals surface area contributed by atoms with Gasteiger partial charge in [-0.05, 0) is 31.7 Å². The molecule has 5 heteroatoms. The maximum absolute atomic E-state index is 4.49. The normalized spacial score (nSPS) is 11.3. The van der Waals surface area contributed by atoms with Crippen LogP contribution >= 0.6 is 0 Å². The van der Waals surface area contributed by atoms with E-state index in [2.05, 4.69) is 38.7 Å². The number of aryl methyl sites for hydroxylation is 2. The number of aromatic amines is 1. The zero-order chi connectivity index (χ0) is 13.4. The zero-order valence-corrected chi connectivity index (χ0v) is 11.4. The summed E-state index contributed by atoms with van der Waals surface area (Å²) in [5, 5.41) is 7.64. The van der Waals surface area contributed by atoms with Crippen molar-refractivity contribution in [1.82, 2.24) is 25.1 Å². The van der Waals surface area contributed by atoms with Crippen molar-refractivity contribution in [3.63, 3.8) is 0 Å². The predicted molar refractivity (Wildman–Crippen MR) is 75.8 cm³/mol. The average molecular weight is 255 g/mol. The Hall–Kier alpha value is -2.14. The Labute approximate surface area is 111 Å². The highest BCUT2D eigenvalue weighted by atomic mass is 15.3. The molecule has 0 aliphatic rings. The van der Waals surface area contributed by atoms with Gasteiger partial charge in [0, 0.05) is 25.4 Å². The first kappa shape index (κ1) is 11.9. The fourth-order valence-electron chi connectivity index (χ4n) is 2.38. The molecule has 2 N–H and O–H groups in total. The minimum atomic E-state index is 0.760. The van der Waals surface area contributed by atoms with Crippen LogP contribution in [0.3, 0.4) is 0 Å². The third-order valence-corrected chi connectivity index (χ3v) is 3.16. The van der Waals surface area contributed by atoms with E-state index < -0.39 is 0 Å². The molecule has 19 heavy (non-hydrogen) atoms. The lowest BCUT2D eigenvalue weighted by atomic mass is 10.1. The molecule has 0 saturated carbocycles. The monoisotopic (exact) mass is 255 g/mol. The van der Waals surface area contributed by atoms with Gasteiger partial charge in [-0.2, -0.15) is 5.10 Å². The summed E-state index contributed by atoms with van der Waals surface area (Å²) in [6.07, 6.45) is 2.05. The van der Waals surface area contributed by atoms with E-state index in [0.717, 1.165) is 40.2 Å². The minimum Gasteiger partial charge on any atom is -0.342 e. The van der Waals surface area contributed by atoms with Crippen molar-refractivity contribution in [2.24, 2.45) is 7.05 Å². The number of rotatable bonds is 3. The number of hydrogen-bond donors (Lipinski definition) is 2. The Bertz CT molecular complexity index is 723. The van der Waals surface area contributed by atoms with Gasteiger partial charge in [0.1, 0.15) is 5.82 Å². The van der Waals surface area contributed by atoms with E-state index in [1.807, 2.05) is 31.8 Å². The molecule has 0 aliphatic carbocycles. The summed E-state index contributed by atoms with van der Waals surface area (Å²) in [6.45, 7) is 2.73. The Morgan fingerprint density at radius 3 is 3.00 bits per heavy atom. The van der Waals surface area contributed by atoms with Crippen molar-refractivity contribution in [3.8, 4) is 11.1 Å². The molecule has 0 saturated heterocycles. The Kier molecular flexibility index (Phi) is 2.83. The maximum Gasteiger partial charge on any atom is 0.104 e. The predicted octanol–water partition coefficient (Wildman–Crippen LogP) is 1.99. The summed E-state index contributed by atoms with van der Waals surface area (Å²) in [7, 11) is 3.88. The van der Waals surface area contributed by atoms with Gasteiger partial charge in [0.15, 0.2) is 0 Å². The fourth-order valence-corrected chi connectivity index (χ4v) is 2.38. The molecule has 5 nitrogen and oxygen atoms in total. The SMILES string of the molecule is CNCc1nn(C)cc1-c1ccc2nc(C)[nH]c2c1. The lowest BCUT2D eigenvalue weighted by Crippen LogP contribution is -2.07. The number of imidazole rings is 1. The van der Waals surface area contributed by atoms with Crippen LogP contribution in [0.5, 0.6) is 0 Å². The Balaban J connectivity index is 2.12. The van der Waals surface area contributed by atoms with Gasteiger partial charge in [-0.3, -0.25) is 4.68 Å². The molecule has 3 aromatic rings. The van der Waals surface area contributed by atoms with Gasteiger partial charge in [0.05, 0.1) is 16.7 Å². The van der Waals surface area contributed by atoms with Crippen molar-refractivity contribution >= 4 is 11.0 Å². The highest BCUT2D eigenvalue weighted by molar-refractivity contribution is 5.82. The first-order valence-electron chi connectivity index (χ1n) is 6.31. The molecule has 0 amide bonds. The second-order valence-corrected chi connectivity index (χ2v) is 4.75. The third-order valence-electron chi connectivity index (χ3n) is 3.16. The van der Waals surface area contributed by atoms with Crippen molar-refractivity contribution in [1.29, 1.82) is 0 Å². The molecule has 0 bridgehead atoms. The van der Waals surface area contributed by atoms with E-state index in [1.165, 1.54) is 0 Å². The van der Waals surface area contributed by atoms with E-state index in [-0.39, 0.29) is 0 Å². The van der Waals surface area contributed by atoms with Gasteiger partial charge in [-0.15, -0.1) is 0 Å². The van der Waals surface area contributed by atoms with Crippen LogP contribution in [-0.2, 0) is 13.6 Å². The van der Waals surface area contributed by atoms with Crippen LogP contribution < -0.4 is 5.32 Å². The van der Waals surface area contributed by atoms with Gasteiger partial charge < -0.3 is 10.3 Å². The number of nitrogens with zero attached hydrogens (tertiary/aromatic N) is 3. The maximum atomic E-state index is 4.49. The van der Waals surface area contributed by atoms with Crippen molar-refractivity contribution in [3.05, 3.63) is 35.9 Å². The van der Waals surface area contributed by atoms with Crippen LogP contribution in [-0.4, -0.2) is 26.8 Å². The summed E-state index contributed by atoms with van der Waals surface area (Å²) < 4.78 is 1.85. The molecule has 0 fully saturated rings. The molecule has 1 aromatic carbocycles. The first-order chi connectivity index (χ1) is 9.17. The molecule has 98 valence electrons. The van der Waals surface area contributed by atoms with Crippen molar-refractivity contribution in [2.45, 2.75) is 13.5 Å². The molecule has 0 unspecified atom stereocenters. The van der Waals surface area contributed by atoms with E-state index in [1.54, 1.807) is 0 Å². The number of fused-ring (bicyclic) bond motifs is 1. The van der Waals surface area contributed by atoms with Crippen LogP contribution in [0.2, 0.25) is 0 Å². The second-order valence-electron chi connectivity index (χ2n) is 4.75. The summed E-state index contributed by atoms with van der Waals surface area (Å²) in [5.41, 5.74) is 5.44. The summed E-state index contributed by atoms with van der Waals surface area (Å²) in [6, 6.07) is 6.27. The van der Waals surface area contributed by atoms with Gasteiger partial charge in [0.2, 0.25) is 0 Å². The number of H-pyrrole nitrogens is 1. The van der Waals surface area contributed by atoms with E-state index in [0.29, 0.717) is 0 Å². The highest BCUT2D eigenvalue weighted by Gasteiger charge is 2.10. The highest BCUT2D eigenvalue weighted by Crippen LogP contribution is 2.25. The van der Waals surface area contributed by atoms with Gasteiger partial charge in [-0.25, -0.2) is 4.98 Å². The number of nitrogens with one attached hydrogen (secondary N) is 2. The Morgan fingerprint density at radius 1 is 1.37 bits per heavy atom. The van der Waals surface area contributed by atoms with Crippen LogP contribution in [0.1, 0.15) is 11.5 Å². The Morgan fingerprint density at radius 2 is 2.21 bits per heavy atom. The number of aromatic nitrogens is 4. The lowest BCUT2D eigenvalue weighted by Gasteiger charge is -2.02. The molecular weight excluding hydrogens is 238 g/mol. The zero-order valence-electron chi connectivity index (χ0n) is 11.4. The van der Waals surface area contributed by atoms with Crippen LogP contribution in [0.15, 0.2) is 24.4 Å². The van der Waals surface area contributed by atoms with E-state index in [9.17, 15) is 0 Å². The average Bonchev–Trinajstić information content (AvgIpc) is 2.90. The standard InChI is InChI=1S/C14H17N5/c1-9-16-12-5-4-10(6-13(12)17-9)11-8-19(3)18-14(11)7-15-2/h4-6,8,15H,7H2,1-3H3,(H,16,17). The third kappa shape index (κ3) is 2.13. The topological polar surface area (TPSA) is 58.5 Å². The smallest absolute Gasteiger partial charge is 0.104 e. The van der Waals surface area contributed by atoms with Gasteiger partial charge in [-0.1, -0.05) is 6.07 Å². The molecule has 0 atom stereocenters. The molecule has 3 rings (SSSR count). The van der Waals surface area contributed by atoms with Gasteiger partial charge in [0.25, 0.3) is 0 Å². The molecule has 0 radical (unpaired) electrons. The molecule has 0 aliphatic heterocycles. The number of benzene rings is 1. The van der Waals surface area contributed by atoms with Crippen LogP contribution in [0, 0.1) is 6.92 Å². The minimum absolute atomic E-state index is 0.760. The van der Waals surface area contributed by atoms with E-state index >= 15 is 0 Å². The van der Waals surface area contributed by atoms with Crippen molar-refractivity contribution in [2.75, 3.05) is 7.05 Å². The summed E-state index contributed by atoms with van der Waals surface area (Å²) in [5.74, 6) is 0.939. The molecule has 2 aromatic heterocycles. The fraction of sp³-hybridized carbons (Fsp3) is 0.286. The largest absolute Gasteiger partial charge is 0.342 e. The van der Waals surface area contributed by atoms with Gasteiger partial charge >= 0.3 is 0 Å². The molecule has 0 spiro atoms. The van der Waals surface area contributed by atoms with Crippen LogP contribution in [0.4, 0.5) is 0 Å². The molecular formula is C14H17N5. The van der Waals surface area contributed by atoms with Crippen molar-refractivity contribution < 1.29 is 0 Å². The van der Waals surface area contributed by atoms with E-state index in [4.69, 9.17) is 0 Å². The molecule has 2 heterocycles. The number of hydrogen-bond acceptors (Lipinski definition) is 3. The first-order valence-corrected chi connectivity index (χ1v) is 6.31. The summed E-state index contributed by atoms with van der Waals surface area (Å²) in [4.78, 5) is 7.70. The lowest BCUT2D eigenvalue weighted by molar-refractivity contribution is 0.712. The van der Waals surface area contributed by atoms with Crippen LogP contribution in [0.25, 0.3) is 22.2 Å². The summed E-state index contributed by atoms with van der Waals surface area (Å²) >= 11 is 0. The quantitative estimate of drug-likeness (QED) is 0.752. The second kappa shape index (κ2) is 4.51.